The van der Waals surface area contributed by atoms with Crippen LogP contribution in [-0.4, -0.2) is 36.5 Å². The fourth-order valence-corrected chi connectivity index (χ4v) is 1.60. The molecule has 0 amide bonds. The first-order chi connectivity index (χ1) is 6.49. The van der Waals surface area contributed by atoms with Crippen molar-refractivity contribution in [2.45, 2.75) is 26.3 Å². The standard InChI is InChI=1S/C9H19N5/c1-6(2)4-7-5-14(3)9(12-7)13-8(10)11/h6-7H,4-5H2,1-3H3,(H4,10,11,12,13)/t7-/m1/s1. The smallest absolute Gasteiger partial charge is 0.224 e. The van der Waals surface area contributed by atoms with E-state index >= 15 is 0 Å². The zero-order chi connectivity index (χ0) is 10.7. The Kier molecular flexibility index (Phi) is 3.33. The van der Waals surface area contributed by atoms with Crippen molar-refractivity contribution >= 4 is 11.9 Å². The number of hydrogen-bond acceptors (Lipinski definition) is 3. The molecule has 0 aromatic carbocycles. The third-order valence-electron chi connectivity index (χ3n) is 2.10. The van der Waals surface area contributed by atoms with E-state index in [1.54, 1.807) is 0 Å². The van der Waals surface area contributed by atoms with Gasteiger partial charge in [0.1, 0.15) is 0 Å². The summed E-state index contributed by atoms with van der Waals surface area (Å²) in [7, 11) is 1.95. The lowest BCUT2D eigenvalue weighted by Crippen LogP contribution is -2.29. The second kappa shape index (κ2) is 4.30. The highest BCUT2D eigenvalue weighted by Crippen LogP contribution is 2.15. The molecule has 5 nitrogen and oxygen atoms in total. The SMILES string of the molecule is CC(C)C[C@@H]1CN(C)C(N=C(N)N)=N1. The normalized spacial score (nSPS) is 21.3. The summed E-state index contributed by atoms with van der Waals surface area (Å²) >= 11 is 0. The molecule has 4 N–H and O–H groups in total. The molecule has 1 rings (SSSR count). The van der Waals surface area contributed by atoms with Gasteiger partial charge in [0.05, 0.1) is 6.04 Å². The molecule has 1 heterocycles. The van der Waals surface area contributed by atoms with E-state index in [2.05, 4.69) is 23.8 Å². The highest BCUT2D eigenvalue weighted by Gasteiger charge is 2.22. The van der Waals surface area contributed by atoms with Gasteiger partial charge < -0.3 is 16.4 Å². The van der Waals surface area contributed by atoms with Crippen LogP contribution in [0.3, 0.4) is 0 Å². The Bertz CT molecular complexity index is 252. The fraction of sp³-hybridized carbons (Fsp3) is 0.778. The van der Waals surface area contributed by atoms with E-state index in [0.29, 0.717) is 17.9 Å². The third kappa shape index (κ3) is 2.90. The van der Waals surface area contributed by atoms with Crippen molar-refractivity contribution in [3.8, 4) is 0 Å². The van der Waals surface area contributed by atoms with E-state index in [1.807, 2.05) is 11.9 Å². The number of guanidine groups is 2. The van der Waals surface area contributed by atoms with Crippen LogP contribution in [0.2, 0.25) is 0 Å². The van der Waals surface area contributed by atoms with Crippen LogP contribution in [0.1, 0.15) is 20.3 Å². The Morgan fingerprint density at radius 2 is 2.29 bits per heavy atom. The fourth-order valence-electron chi connectivity index (χ4n) is 1.60. The van der Waals surface area contributed by atoms with Crippen LogP contribution in [0, 0.1) is 5.92 Å². The molecule has 0 aliphatic carbocycles. The zero-order valence-electron chi connectivity index (χ0n) is 9.07. The zero-order valence-corrected chi connectivity index (χ0v) is 9.07. The van der Waals surface area contributed by atoms with Gasteiger partial charge in [-0.05, 0) is 12.3 Å². The van der Waals surface area contributed by atoms with Crippen molar-refractivity contribution in [2.24, 2.45) is 27.4 Å². The number of likely N-dealkylation sites (N-methyl/N-ethyl adjacent to an activating group) is 1. The van der Waals surface area contributed by atoms with Crippen LogP contribution in [0.4, 0.5) is 0 Å². The molecule has 1 aliphatic heterocycles. The predicted octanol–water partition coefficient (Wildman–Crippen LogP) is -0.0241. The van der Waals surface area contributed by atoms with E-state index in [1.165, 1.54) is 0 Å². The molecule has 0 unspecified atom stereocenters. The molecule has 14 heavy (non-hydrogen) atoms. The molecule has 0 bridgehead atoms. The van der Waals surface area contributed by atoms with Crippen LogP contribution in [0.25, 0.3) is 0 Å². The van der Waals surface area contributed by atoms with Crippen molar-refractivity contribution in [1.82, 2.24) is 4.90 Å². The maximum Gasteiger partial charge on any atom is 0.224 e. The van der Waals surface area contributed by atoms with E-state index in [4.69, 9.17) is 11.5 Å². The van der Waals surface area contributed by atoms with Gasteiger partial charge in [0.2, 0.25) is 5.96 Å². The van der Waals surface area contributed by atoms with Gasteiger partial charge in [-0.25, -0.2) is 4.99 Å². The van der Waals surface area contributed by atoms with Gasteiger partial charge >= 0.3 is 0 Å². The van der Waals surface area contributed by atoms with Gasteiger partial charge in [-0.3, -0.25) is 0 Å². The summed E-state index contributed by atoms with van der Waals surface area (Å²) in [5, 5.41) is 0. The van der Waals surface area contributed by atoms with Crippen molar-refractivity contribution in [3.63, 3.8) is 0 Å². The van der Waals surface area contributed by atoms with Crippen LogP contribution in [0.15, 0.2) is 9.98 Å². The quantitative estimate of drug-likeness (QED) is 0.482. The molecule has 5 heteroatoms. The molecule has 0 fully saturated rings. The van der Waals surface area contributed by atoms with E-state index in [9.17, 15) is 0 Å². The van der Waals surface area contributed by atoms with Gasteiger partial charge in [0.25, 0.3) is 0 Å². The lowest BCUT2D eigenvalue weighted by molar-refractivity contribution is 0.437. The summed E-state index contributed by atoms with van der Waals surface area (Å²) in [6.07, 6.45) is 1.08. The van der Waals surface area contributed by atoms with Crippen molar-refractivity contribution < 1.29 is 0 Å². The summed E-state index contributed by atoms with van der Waals surface area (Å²) < 4.78 is 0. The highest BCUT2D eigenvalue weighted by atomic mass is 15.3. The largest absolute Gasteiger partial charge is 0.370 e. The second-order valence-corrected chi connectivity index (χ2v) is 4.13. The summed E-state index contributed by atoms with van der Waals surface area (Å²) in [6, 6.07) is 0.332. The maximum absolute atomic E-state index is 5.30. The first-order valence-electron chi connectivity index (χ1n) is 4.87. The molecular weight excluding hydrogens is 178 g/mol. The van der Waals surface area contributed by atoms with Gasteiger partial charge in [0.15, 0.2) is 5.96 Å². The molecule has 1 aliphatic rings. The molecule has 0 spiro atoms. The second-order valence-electron chi connectivity index (χ2n) is 4.13. The van der Waals surface area contributed by atoms with E-state index in [0.717, 1.165) is 13.0 Å². The third-order valence-corrected chi connectivity index (χ3v) is 2.10. The molecule has 0 radical (unpaired) electrons. The minimum atomic E-state index is 0.0702. The molecule has 0 saturated carbocycles. The monoisotopic (exact) mass is 197 g/mol. The molecule has 0 aromatic rings. The lowest BCUT2D eigenvalue weighted by Gasteiger charge is -2.12. The summed E-state index contributed by atoms with van der Waals surface area (Å²) in [5.74, 6) is 1.37. The number of nitrogens with zero attached hydrogens (tertiary/aromatic N) is 3. The van der Waals surface area contributed by atoms with Gasteiger partial charge in [-0.15, -0.1) is 0 Å². The first-order valence-corrected chi connectivity index (χ1v) is 4.87. The van der Waals surface area contributed by atoms with Crippen molar-refractivity contribution in [2.75, 3.05) is 13.6 Å². The molecule has 0 aromatic heterocycles. The van der Waals surface area contributed by atoms with Gasteiger partial charge in [-0.1, -0.05) is 13.8 Å². The lowest BCUT2D eigenvalue weighted by atomic mass is 10.1. The van der Waals surface area contributed by atoms with Crippen LogP contribution >= 0.6 is 0 Å². The summed E-state index contributed by atoms with van der Waals surface area (Å²) in [5.41, 5.74) is 10.6. The Hall–Kier alpha value is -1.26. The Labute approximate surface area is 84.9 Å². The van der Waals surface area contributed by atoms with Crippen LogP contribution in [0.5, 0.6) is 0 Å². The van der Waals surface area contributed by atoms with Gasteiger partial charge in [-0.2, -0.15) is 4.99 Å². The minimum absolute atomic E-state index is 0.0702. The average molecular weight is 197 g/mol. The van der Waals surface area contributed by atoms with E-state index < -0.39 is 0 Å². The van der Waals surface area contributed by atoms with E-state index in [-0.39, 0.29) is 5.96 Å². The molecule has 80 valence electrons. The summed E-state index contributed by atoms with van der Waals surface area (Å²) in [6.45, 7) is 5.28. The van der Waals surface area contributed by atoms with Crippen molar-refractivity contribution in [1.29, 1.82) is 0 Å². The highest BCUT2D eigenvalue weighted by molar-refractivity contribution is 5.94. The van der Waals surface area contributed by atoms with Crippen molar-refractivity contribution in [3.05, 3.63) is 0 Å². The average Bonchev–Trinajstić information content (AvgIpc) is 2.28. The molecule has 1 atom stereocenters. The Balaban J connectivity index is 2.63. The molecule has 0 saturated heterocycles. The number of hydrogen-bond donors (Lipinski definition) is 2. The summed E-state index contributed by atoms with van der Waals surface area (Å²) in [4.78, 5) is 10.4. The minimum Gasteiger partial charge on any atom is -0.370 e. The van der Waals surface area contributed by atoms with Gasteiger partial charge in [0, 0.05) is 13.6 Å². The maximum atomic E-state index is 5.30. The number of nitrogens with two attached hydrogens (primary N) is 2. The Morgan fingerprint density at radius 3 is 2.79 bits per heavy atom. The number of rotatable bonds is 2. The molecular formula is C9H19N5. The number of aliphatic imine (C=N–C) groups is 2. The topological polar surface area (TPSA) is 80.0 Å². The Morgan fingerprint density at radius 1 is 1.64 bits per heavy atom. The van der Waals surface area contributed by atoms with Crippen LogP contribution in [-0.2, 0) is 0 Å². The predicted molar refractivity (Wildman–Crippen MR) is 59.1 cm³/mol. The van der Waals surface area contributed by atoms with Crippen LogP contribution < -0.4 is 11.5 Å². The first kappa shape index (κ1) is 10.8.